The first-order valence-electron chi connectivity index (χ1n) is 6.72. The molecule has 0 aromatic heterocycles. The molecule has 0 radical (unpaired) electrons. The van der Waals surface area contributed by atoms with Crippen LogP contribution in [0.5, 0.6) is 0 Å². The third-order valence-corrected chi connectivity index (χ3v) is 3.84. The van der Waals surface area contributed by atoms with E-state index in [1.165, 1.54) is 32.8 Å². The largest absolute Gasteiger partial charge is 0.469 e. The van der Waals surface area contributed by atoms with Crippen molar-refractivity contribution in [1.82, 2.24) is 4.90 Å². The number of methoxy groups -OCH3 is 1. The van der Waals surface area contributed by atoms with Crippen molar-refractivity contribution in [3.8, 4) is 0 Å². The third-order valence-electron chi connectivity index (χ3n) is 3.84. The Morgan fingerprint density at radius 3 is 2.94 bits per heavy atom. The molecular weight excluding hydrogens is 218 g/mol. The van der Waals surface area contributed by atoms with Crippen molar-refractivity contribution in [3.63, 3.8) is 0 Å². The maximum Gasteiger partial charge on any atom is 0.307 e. The molecule has 4 nitrogen and oxygen atoms in total. The number of hydrogen-bond donors (Lipinski definition) is 0. The molecular formula is C13H23NO3. The van der Waals surface area contributed by atoms with E-state index in [1.807, 2.05) is 0 Å². The van der Waals surface area contributed by atoms with E-state index in [9.17, 15) is 4.79 Å². The Labute approximate surface area is 103 Å². The van der Waals surface area contributed by atoms with Crippen LogP contribution >= 0.6 is 0 Å². The van der Waals surface area contributed by atoms with Crippen LogP contribution in [0.2, 0.25) is 0 Å². The van der Waals surface area contributed by atoms with Crippen LogP contribution in [0.3, 0.4) is 0 Å². The van der Waals surface area contributed by atoms with E-state index < -0.39 is 0 Å². The summed E-state index contributed by atoms with van der Waals surface area (Å²) in [7, 11) is 1.47. The zero-order valence-electron chi connectivity index (χ0n) is 10.7. The Kier molecular flexibility index (Phi) is 4.80. The minimum atomic E-state index is -0.0887. The molecule has 98 valence electrons. The highest BCUT2D eigenvalue weighted by Gasteiger charge is 2.28. The second-order valence-corrected chi connectivity index (χ2v) is 5.06. The molecule has 2 aliphatic rings. The van der Waals surface area contributed by atoms with Gasteiger partial charge in [-0.05, 0) is 32.2 Å². The molecule has 0 N–H and O–H groups in total. The molecule has 2 unspecified atom stereocenters. The second kappa shape index (κ2) is 6.36. The number of esters is 1. The minimum Gasteiger partial charge on any atom is -0.469 e. The van der Waals surface area contributed by atoms with Gasteiger partial charge in [0.2, 0.25) is 0 Å². The Morgan fingerprint density at radius 1 is 1.35 bits per heavy atom. The van der Waals surface area contributed by atoms with E-state index in [-0.39, 0.29) is 5.97 Å². The molecule has 0 spiro atoms. The maximum atomic E-state index is 11.4. The van der Waals surface area contributed by atoms with Gasteiger partial charge in [-0.25, -0.2) is 0 Å². The van der Waals surface area contributed by atoms with Gasteiger partial charge < -0.3 is 9.47 Å². The predicted octanol–water partition coefficient (Wildman–Crippen LogP) is 1.58. The Balaban J connectivity index is 1.84. The molecule has 17 heavy (non-hydrogen) atoms. The molecule has 4 heteroatoms. The van der Waals surface area contributed by atoms with Gasteiger partial charge in [0, 0.05) is 19.2 Å². The zero-order chi connectivity index (χ0) is 12.1. The molecule has 2 heterocycles. The summed E-state index contributed by atoms with van der Waals surface area (Å²) < 4.78 is 10.5. The minimum absolute atomic E-state index is 0.0887. The monoisotopic (exact) mass is 241 g/mol. The lowest BCUT2D eigenvalue weighted by atomic mass is 9.98. The van der Waals surface area contributed by atoms with Crippen molar-refractivity contribution < 1.29 is 14.3 Å². The van der Waals surface area contributed by atoms with Crippen LogP contribution in [-0.2, 0) is 14.3 Å². The van der Waals surface area contributed by atoms with E-state index in [4.69, 9.17) is 9.47 Å². The highest BCUT2D eigenvalue weighted by Crippen LogP contribution is 2.23. The number of carbonyl (C=O) groups excluding carboxylic acids is 1. The Bertz CT molecular complexity index is 251. The summed E-state index contributed by atoms with van der Waals surface area (Å²) in [6.07, 6.45) is 6.84. The quantitative estimate of drug-likeness (QED) is 0.701. The van der Waals surface area contributed by atoms with E-state index in [0.717, 1.165) is 26.1 Å². The summed E-state index contributed by atoms with van der Waals surface area (Å²) in [4.78, 5) is 13.8. The molecule has 2 aliphatic heterocycles. The second-order valence-electron chi connectivity index (χ2n) is 5.06. The van der Waals surface area contributed by atoms with Crippen LogP contribution in [0.1, 0.15) is 38.5 Å². The van der Waals surface area contributed by atoms with Gasteiger partial charge >= 0.3 is 5.97 Å². The molecule has 2 atom stereocenters. The number of ether oxygens (including phenoxy) is 2. The topological polar surface area (TPSA) is 38.8 Å². The first-order chi connectivity index (χ1) is 8.29. The van der Waals surface area contributed by atoms with Gasteiger partial charge in [-0.1, -0.05) is 6.42 Å². The Hall–Kier alpha value is -0.610. The summed E-state index contributed by atoms with van der Waals surface area (Å²) in [5.74, 6) is -0.0887. The summed E-state index contributed by atoms with van der Waals surface area (Å²) in [5, 5.41) is 0. The van der Waals surface area contributed by atoms with Gasteiger partial charge in [0.25, 0.3) is 0 Å². The number of piperidine rings is 1. The molecule has 0 bridgehead atoms. The maximum absolute atomic E-state index is 11.4. The number of nitrogens with zero attached hydrogens (tertiary/aromatic N) is 1. The first kappa shape index (κ1) is 12.8. The lowest BCUT2D eigenvalue weighted by molar-refractivity contribution is -0.142. The van der Waals surface area contributed by atoms with Crippen molar-refractivity contribution in [2.45, 2.75) is 50.7 Å². The molecule has 2 rings (SSSR count). The number of carbonyl (C=O) groups is 1. The zero-order valence-corrected chi connectivity index (χ0v) is 10.7. The standard InChI is InChI=1S/C13H23NO3/c1-16-13(15)9-11-5-2-3-7-14(11)10-12-6-4-8-17-12/h11-12H,2-10H2,1H3. The van der Waals surface area contributed by atoms with Crippen molar-refractivity contribution in [2.75, 3.05) is 26.8 Å². The lowest BCUT2D eigenvalue weighted by Crippen LogP contribution is -2.44. The molecule has 0 aromatic rings. The van der Waals surface area contributed by atoms with E-state index >= 15 is 0 Å². The SMILES string of the molecule is COC(=O)CC1CCCCN1CC1CCCO1. The van der Waals surface area contributed by atoms with Crippen LogP contribution in [0.25, 0.3) is 0 Å². The summed E-state index contributed by atoms with van der Waals surface area (Å²) in [6.45, 7) is 2.99. The van der Waals surface area contributed by atoms with Crippen molar-refractivity contribution in [2.24, 2.45) is 0 Å². The number of rotatable bonds is 4. The summed E-state index contributed by atoms with van der Waals surface area (Å²) in [6, 6.07) is 0.361. The van der Waals surface area contributed by atoms with Crippen LogP contribution in [0.4, 0.5) is 0 Å². The highest BCUT2D eigenvalue weighted by molar-refractivity contribution is 5.69. The smallest absolute Gasteiger partial charge is 0.307 e. The van der Waals surface area contributed by atoms with Gasteiger partial charge in [0.05, 0.1) is 19.6 Å². The molecule has 0 aromatic carbocycles. The first-order valence-corrected chi connectivity index (χ1v) is 6.72. The van der Waals surface area contributed by atoms with Crippen LogP contribution in [-0.4, -0.2) is 49.8 Å². The normalized spacial score (nSPS) is 30.4. The van der Waals surface area contributed by atoms with E-state index in [0.29, 0.717) is 18.6 Å². The van der Waals surface area contributed by atoms with Crippen LogP contribution in [0.15, 0.2) is 0 Å². The van der Waals surface area contributed by atoms with Crippen molar-refractivity contribution >= 4 is 5.97 Å². The van der Waals surface area contributed by atoms with Gasteiger partial charge in [-0.2, -0.15) is 0 Å². The fraction of sp³-hybridized carbons (Fsp3) is 0.923. The predicted molar refractivity (Wildman–Crippen MR) is 64.8 cm³/mol. The lowest BCUT2D eigenvalue weighted by Gasteiger charge is -2.36. The fourth-order valence-corrected chi connectivity index (χ4v) is 2.86. The molecule has 0 aliphatic carbocycles. The average molecular weight is 241 g/mol. The van der Waals surface area contributed by atoms with Crippen molar-refractivity contribution in [3.05, 3.63) is 0 Å². The van der Waals surface area contributed by atoms with Gasteiger partial charge in [-0.3, -0.25) is 9.69 Å². The van der Waals surface area contributed by atoms with E-state index in [2.05, 4.69) is 4.90 Å². The fourth-order valence-electron chi connectivity index (χ4n) is 2.86. The van der Waals surface area contributed by atoms with E-state index in [1.54, 1.807) is 0 Å². The van der Waals surface area contributed by atoms with Crippen LogP contribution in [0, 0.1) is 0 Å². The average Bonchev–Trinajstić information content (AvgIpc) is 2.84. The number of hydrogen-bond acceptors (Lipinski definition) is 4. The third kappa shape index (κ3) is 3.68. The van der Waals surface area contributed by atoms with Crippen LogP contribution < -0.4 is 0 Å². The van der Waals surface area contributed by atoms with Gasteiger partial charge in [0.15, 0.2) is 0 Å². The molecule has 0 saturated carbocycles. The van der Waals surface area contributed by atoms with Gasteiger partial charge in [0.1, 0.15) is 0 Å². The highest BCUT2D eigenvalue weighted by atomic mass is 16.5. The summed E-state index contributed by atoms with van der Waals surface area (Å²) >= 11 is 0. The molecule has 2 fully saturated rings. The van der Waals surface area contributed by atoms with Gasteiger partial charge in [-0.15, -0.1) is 0 Å². The summed E-state index contributed by atoms with van der Waals surface area (Å²) in [5.41, 5.74) is 0. The number of likely N-dealkylation sites (tertiary alicyclic amines) is 1. The van der Waals surface area contributed by atoms with Crippen molar-refractivity contribution in [1.29, 1.82) is 0 Å². The Morgan fingerprint density at radius 2 is 2.24 bits per heavy atom. The molecule has 2 saturated heterocycles. The molecule has 0 amide bonds.